The minimum atomic E-state index is -0.938. The van der Waals surface area contributed by atoms with E-state index in [4.69, 9.17) is 5.11 Å². The number of aliphatic carboxylic acids is 1. The number of carbonyl (C=O) groups is 2. The van der Waals surface area contributed by atoms with Crippen LogP contribution in [0.1, 0.15) is 20.3 Å². The molecule has 0 radical (unpaired) electrons. The number of carbonyl (C=O) groups excluding carboxylic acids is 1. The van der Waals surface area contributed by atoms with Gasteiger partial charge in [-0.05, 0) is 6.92 Å². The molecule has 0 aromatic heterocycles. The van der Waals surface area contributed by atoms with E-state index in [0.29, 0.717) is 19.5 Å². The lowest BCUT2D eigenvalue weighted by Crippen LogP contribution is -2.61. The molecule has 5 nitrogen and oxygen atoms in total. The van der Waals surface area contributed by atoms with Gasteiger partial charge in [-0.3, -0.25) is 4.79 Å². The SMILES string of the molecule is CCC(=O)N1CCNC(C)C1C(=O)O. The standard InChI is InChI=1S/C9H16N2O3/c1-3-7(12)11-5-4-10-6(2)8(11)9(13)14/h6,8,10H,3-5H2,1-2H3,(H,13,14). The van der Waals surface area contributed by atoms with Gasteiger partial charge in [-0.15, -0.1) is 0 Å². The Hall–Kier alpha value is -1.10. The molecule has 1 heterocycles. The van der Waals surface area contributed by atoms with E-state index in [-0.39, 0.29) is 11.9 Å². The van der Waals surface area contributed by atoms with Gasteiger partial charge in [0.25, 0.3) is 0 Å². The van der Waals surface area contributed by atoms with Crippen LogP contribution in [0.2, 0.25) is 0 Å². The lowest BCUT2D eigenvalue weighted by Gasteiger charge is -2.37. The Morgan fingerprint density at radius 3 is 2.71 bits per heavy atom. The molecule has 80 valence electrons. The number of hydrogen-bond donors (Lipinski definition) is 2. The van der Waals surface area contributed by atoms with Crippen molar-refractivity contribution in [1.29, 1.82) is 0 Å². The molecule has 1 aliphatic heterocycles. The summed E-state index contributed by atoms with van der Waals surface area (Å²) in [5, 5.41) is 12.0. The Bertz CT molecular complexity index is 242. The van der Waals surface area contributed by atoms with Crippen LogP contribution in [0.5, 0.6) is 0 Å². The van der Waals surface area contributed by atoms with Crippen molar-refractivity contribution in [3.8, 4) is 0 Å². The van der Waals surface area contributed by atoms with Crippen LogP contribution in [-0.2, 0) is 9.59 Å². The van der Waals surface area contributed by atoms with Crippen molar-refractivity contribution in [2.75, 3.05) is 13.1 Å². The molecule has 2 N–H and O–H groups in total. The van der Waals surface area contributed by atoms with Gasteiger partial charge in [0, 0.05) is 25.6 Å². The number of nitrogens with one attached hydrogen (secondary N) is 1. The van der Waals surface area contributed by atoms with E-state index in [1.807, 2.05) is 0 Å². The maximum atomic E-state index is 11.5. The molecule has 5 heteroatoms. The molecule has 1 saturated heterocycles. The van der Waals surface area contributed by atoms with Crippen molar-refractivity contribution in [2.24, 2.45) is 0 Å². The molecule has 0 saturated carbocycles. The number of rotatable bonds is 2. The summed E-state index contributed by atoms with van der Waals surface area (Å²) in [6.07, 6.45) is 0.358. The average Bonchev–Trinajstić information content (AvgIpc) is 2.15. The molecule has 0 aromatic carbocycles. The van der Waals surface area contributed by atoms with Gasteiger partial charge in [-0.2, -0.15) is 0 Å². The van der Waals surface area contributed by atoms with Gasteiger partial charge >= 0.3 is 5.97 Å². The van der Waals surface area contributed by atoms with Crippen LogP contribution in [0, 0.1) is 0 Å². The summed E-state index contributed by atoms with van der Waals surface area (Å²) in [7, 11) is 0. The first-order chi connectivity index (χ1) is 6.57. The molecule has 1 rings (SSSR count). The van der Waals surface area contributed by atoms with Gasteiger partial charge in [0.1, 0.15) is 6.04 Å². The third kappa shape index (κ3) is 2.04. The Labute approximate surface area is 83.1 Å². The average molecular weight is 200 g/mol. The molecule has 0 spiro atoms. The molecular weight excluding hydrogens is 184 g/mol. The van der Waals surface area contributed by atoms with Crippen LogP contribution in [-0.4, -0.2) is 47.1 Å². The Morgan fingerprint density at radius 1 is 1.57 bits per heavy atom. The molecule has 0 aliphatic carbocycles. The highest BCUT2D eigenvalue weighted by Gasteiger charge is 2.36. The van der Waals surface area contributed by atoms with Crippen molar-refractivity contribution in [3.63, 3.8) is 0 Å². The van der Waals surface area contributed by atoms with Crippen molar-refractivity contribution in [2.45, 2.75) is 32.4 Å². The highest BCUT2D eigenvalue weighted by molar-refractivity contribution is 5.84. The summed E-state index contributed by atoms with van der Waals surface area (Å²) in [5.74, 6) is -1.03. The van der Waals surface area contributed by atoms with Crippen LogP contribution < -0.4 is 5.32 Å². The van der Waals surface area contributed by atoms with E-state index in [9.17, 15) is 9.59 Å². The fraction of sp³-hybridized carbons (Fsp3) is 0.778. The number of piperazine rings is 1. The van der Waals surface area contributed by atoms with Gasteiger partial charge < -0.3 is 15.3 Å². The van der Waals surface area contributed by atoms with E-state index >= 15 is 0 Å². The maximum absolute atomic E-state index is 11.5. The summed E-state index contributed by atoms with van der Waals surface area (Å²) in [6.45, 7) is 4.67. The second-order valence-corrected chi connectivity index (χ2v) is 3.47. The first-order valence-electron chi connectivity index (χ1n) is 4.83. The second-order valence-electron chi connectivity index (χ2n) is 3.47. The zero-order valence-electron chi connectivity index (χ0n) is 8.49. The molecule has 2 atom stereocenters. The highest BCUT2D eigenvalue weighted by Crippen LogP contribution is 2.11. The van der Waals surface area contributed by atoms with Crippen LogP contribution in [0.25, 0.3) is 0 Å². The van der Waals surface area contributed by atoms with Gasteiger partial charge in [-0.25, -0.2) is 4.79 Å². The van der Waals surface area contributed by atoms with Crippen molar-refractivity contribution >= 4 is 11.9 Å². The molecule has 1 aliphatic rings. The first-order valence-corrected chi connectivity index (χ1v) is 4.83. The van der Waals surface area contributed by atoms with E-state index in [1.165, 1.54) is 4.90 Å². The van der Waals surface area contributed by atoms with E-state index in [1.54, 1.807) is 13.8 Å². The highest BCUT2D eigenvalue weighted by atomic mass is 16.4. The van der Waals surface area contributed by atoms with Gasteiger partial charge in [0.05, 0.1) is 0 Å². The Balaban J connectivity index is 2.79. The van der Waals surface area contributed by atoms with Gasteiger partial charge in [0.15, 0.2) is 0 Å². The lowest BCUT2D eigenvalue weighted by molar-refractivity contribution is -0.152. The molecular formula is C9H16N2O3. The Kier molecular flexibility index (Phi) is 3.46. The van der Waals surface area contributed by atoms with Gasteiger partial charge in [0.2, 0.25) is 5.91 Å². The first kappa shape index (κ1) is 11.0. The Morgan fingerprint density at radius 2 is 2.21 bits per heavy atom. The topological polar surface area (TPSA) is 69.6 Å². The largest absolute Gasteiger partial charge is 0.480 e. The minimum Gasteiger partial charge on any atom is -0.480 e. The van der Waals surface area contributed by atoms with Crippen molar-refractivity contribution < 1.29 is 14.7 Å². The zero-order chi connectivity index (χ0) is 10.7. The molecule has 1 amide bonds. The quantitative estimate of drug-likeness (QED) is 0.640. The van der Waals surface area contributed by atoms with Crippen molar-refractivity contribution in [1.82, 2.24) is 10.2 Å². The maximum Gasteiger partial charge on any atom is 0.328 e. The number of amides is 1. The zero-order valence-corrected chi connectivity index (χ0v) is 8.49. The number of hydrogen-bond acceptors (Lipinski definition) is 3. The van der Waals surface area contributed by atoms with Crippen LogP contribution in [0.15, 0.2) is 0 Å². The van der Waals surface area contributed by atoms with Crippen LogP contribution in [0.4, 0.5) is 0 Å². The molecule has 0 aromatic rings. The van der Waals surface area contributed by atoms with Gasteiger partial charge in [-0.1, -0.05) is 6.92 Å². The number of carboxylic acid groups (broad SMARTS) is 1. The van der Waals surface area contributed by atoms with E-state index < -0.39 is 12.0 Å². The van der Waals surface area contributed by atoms with E-state index in [0.717, 1.165) is 0 Å². The predicted octanol–water partition coefficient (Wildman–Crippen LogP) is -0.330. The molecule has 2 unspecified atom stereocenters. The normalized spacial score (nSPS) is 27.4. The molecule has 1 fully saturated rings. The number of nitrogens with zero attached hydrogens (tertiary/aromatic N) is 1. The summed E-state index contributed by atoms with van der Waals surface area (Å²) in [4.78, 5) is 23.9. The van der Waals surface area contributed by atoms with E-state index in [2.05, 4.69) is 5.32 Å². The predicted molar refractivity (Wildman–Crippen MR) is 50.9 cm³/mol. The molecule has 14 heavy (non-hydrogen) atoms. The smallest absolute Gasteiger partial charge is 0.328 e. The summed E-state index contributed by atoms with van der Waals surface area (Å²) in [5.41, 5.74) is 0. The fourth-order valence-corrected chi connectivity index (χ4v) is 1.76. The monoisotopic (exact) mass is 200 g/mol. The van der Waals surface area contributed by atoms with Crippen LogP contribution in [0.3, 0.4) is 0 Å². The third-order valence-electron chi connectivity index (χ3n) is 2.50. The number of carboxylic acids is 1. The third-order valence-corrected chi connectivity index (χ3v) is 2.50. The van der Waals surface area contributed by atoms with Crippen LogP contribution >= 0.6 is 0 Å². The second kappa shape index (κ2) is 4.41. The fourth-order valence-electron chi connectivity index (χ4n) is 1.76. The molecule has 0 bridgehead atoms. The summed E-state index contributed by atoms with van der Waals surface area (Å²) in [6, 6.07) is -0.909. The summed E-state index contributed by atoms with van der Waals surface area (Å²) >= 11 is 0. The lowest BCUT2D eigenvalue weighted by atomic mass is 10.1. The van der Waals surface area contributed by atoms with Crippen molar-refractivity contribution in [3.05, 3.63) is 0 Å². The summed E-state index contributed by atoms with van der Waals surface area (Å²) < 4.78 is 0. The minimum absolute atomic E-state index is 0.0919.